The van der Waals surface area contributed by atoms with Crippen molar-refractivity contribution in [2.75, 3.05) is 32.8 Å². The van der Waals surface area contributed by atoms with E-state index in [1.54, 1.807) is 11.6 Å². The number of nitrogens with zero attached hydrogens (tertiary/aromatic N) is 3. The number of para-hydroxylation sites is 1. The van der Waals surface area contributed by atoms with E-state index in [2.05, 4.69) is 23.8 Å². The molecule has 0 aliphatic carbocycles. The Morgan fingerprint density at radius 2 is 2.11 bits per heavy atom. The molecule has 3 rings (SSSR count). The second-order valence-electron chi connectivity index (χ2n) is 7.24. The average molecular weight is 392 g/mol. The predicted octanol–water partition coefficient (Wildman–Crippen LogP) is 3.35. The largest absolute Gasteiger partial charge is 0.459 e. The monoisotopic (exact) mass is 391 g/mol. The molecule has 1 aliphatic rings. The molecular weight excluding hydrogens is 366 g/mol. The molecule has 1 fully saturated rings. The number of aryl methyl sites for hydroxylation is 1. The molecule has 1 saturated heterocycles. The predicted molar refractivity (Wildman–Crippen MR) is 105 cm³/mol. The summed E-state index contributed by atoms with van der Waals surface area (Å²) >= 11 is 6.42. The molecule has 0 bridgehead atoms. The average Bonchev–Trinajstić information content (AvgIpc) is 2.94. The molecule has 0 saturated carbocycles. The van der Waals surface area contributed by atoms with Crippen molar-refractivity contribution in [3.05, 3.63) is 46.7 Å². The number of aromatic nitrogens is 2. The van der Waals surface area contributed by atoms with Gasteiger partial charge < -0.3 is 9.47 Å². The van der Waals surface area contributed by atoms with E-state index >= 15 is 0 Å². The van der Waals surface area contributed by atoms with E-state index in [-0.39, 0.29) is 17.9 Å². The lowest BCUT2D eigenvalue weighted by molar-refractivity contribution is -0.0612. The third-order valence-corrected chi connectivity index (χ3v) is 4.80. The first kappa shape index (κ1) is 19.9. The lowest BCUT2D eigenvalue weighted by Gasteiger charge is -2.33. The topological polar surface area (TPSA) is 56.6 Å². The Kier molecular flexibility index (Phi) is 6.52. The lowest BCUT2D eigenvalue weighted by Crippen LogP contribution is -2.45. The highest BCUT2D eigenvalue weighted by molar-refractivity contribution is 6.33. The molecule has 0 amide bonds. The van der Waals surface area contributed by atoms with Crippen LogP contribution >= 0.6 is 11.6 Å². The summed E-state index contributed by atoms with van der Waals surface area (Å²) in [5.74, 6) is 0.126. The molecule has 1 atom stereocenters. The maximum Gasteiger partial charge on any atom is 0.343 e. The summed E-state index contributed by atoms with van der Waals surface area (Å²) in [6.45, 7) is 9.70. The van der Waals surface area contributed by atoms with E-state index < -0.39 is 5.97 Å². The number of benzene rings is 1. The highest BCUT2D eigenvalue weighted by atomic mass is 35.5. The van der Waals surface area contributed by atoms with Crippen molar-refractivity contribution < 1.29 is 14.3 Å². The van der Waals surface area contributed by atoms with Crippen molar-refractivity contribution in [2.24, 2.45) is 5.92 Å². The van der Waals surface area contributed by atoms with Crippen LogP contribution in [0, 0.1) is 12.8 Å². The SMILES string of the molecule is Cc1nn(-c2ccccc2)c(Cl)c1C(=O)OCC1CN(CC(C)C)CCO1. The highest BCUT2D eigenvalue weighted by Crippen LogP contribution is 2.24. The van der Waals surface area contributed by atoms with Gasteiger partial charge in [0, 0.05) is 19.6 Å². The molecule has 0 N–H and O–H groups in total. The van der Waals surface area contributed by atoms with Crippen LogP contribution in [0.15, 0.2) is 30.3 Å². The van der Waals surface area contributed by atoms with Gasteiger partial charge in [-0.3, -0.25) is 4.90 Å². The summed E-state index contributed by atoms with van der Waals surface area (Å²) in [5.41, 5.74) is 1.64. The fourth-order valence-electron chi connectivity index (χ4n) is 3.28. The third kappa shape index (κ3) is 4.89. The van der Waals surface area contributed by atoms with Gasteiger partial charge in [0.15, 0.2) is 0 Å². The first-order chi connectivity index (χ1) is 13.0. The maximum absolute atomic E-state index is 12.6. The van der Waals surface area contributed by atoms with Crippen LogP contribution in [-0.2, 0) is 9.47 Å². The molecule has 7 heteroatoms. The van der Waals surface area contributed by atoms with Crippen molar-refractivity contribution in [1.82, 2.24) is 14.7 Å². The molecule has 1 unspecified atom stereocenters. The van der Waals surface area contributed by atoms with E-state index in [1.807, 2.05) is 30.3 Å². The summed E-state index contributed by atoms with van der Waals surface area (Å²) < 4.78 is 12.8. The fourth-order valence-corrected chi connectivity index (χ4v) is 3.62. The van der Waals surface area contributed by atoms with Crippen LogP contribution in [0.25, 0.3) is 5.69 Å². The molecule has 1 aromatic carbocycles. The summed E-state index contributed by atoms with van der Waals surface area (Å²) in [6.07, 6.45) is -0.121. The summed E-state index contributed by atoms with van der Waals surface area (Å²) in [6, 6.07) is 9.46. The van der Waals surface area contributed by atoms with Crippen molar-refractivity contribution in [2.45, 2.75) is 26.9 Å². The third-order valence-electron chi connectivity index (χ3n) is 4.46. The van der Waals surface area contributed by atoms with E-state index in [1.165, 1.54) is 0 Å². The van der Waals surface area contributed by atoms with Crippen molar-refractivity contribution in [3.63, 3.8) is 0 Å². The van der Waals surface area contributed by atoms with Crippen LogP contribution in [0.1, 0.15) is 29.9 Å². The lowest BCUT2D eigenvalue weighted by atomic mass is 10.2. The zero-order chi connectivity index (χ0) is 19.4. The van der Waals surface area contributed by atoms with Crippen molar-refractivity contribution in [1.29, 1.82) is 0 Å². The minimum Gasteiger partial charge on any atom is -0.459 e. The molecule has 27 heavy (non-hydrogen) atoms. The van der Waals surface area contributed by atoms with Crippen LogP contribution in [-0.4, -0.2) is 59.6 Å². The van der Waals surface area contributed by atoms with Gasteiger partial charge in [0.05, 0.1) is 18.0 Å². The van der Waals surface area contributed by atoms with Crippen LogP contribution < -0.4 is 0 Å². The van der Waals surface area contributed by atoms with Gasteiger partial charge in [0.2, 0.25) is 0 Å². The van der Waals surface area contributed by atoms with Crippen molar-refractivity contribution in [3.8, 4) is 5.69 Å². The number of carbonyl (C=O) groups is 1. The maximum atomic E-state index is 12.6. The van der Waals surface area contributed by atoms with E-state index in [9.17, 15) is 4.79 Å². The molecule has 0 radical (unpaired) electrons. The fraction of sp³-hybridized carbons (Fsp3) is 0.500. The molecular formula is C20H26ClN3O3. The molecule has 2 aromatic rings. The summed E-state index contributed by atoms with van der Waals surface area (Å²) in [7, 11) is 0. The molecule has 6 nitrogen and oxygen atoms in total. The van der Waals surface area contributed by atoms with E-state index in [0.717, 1.165) is 25.3 Å². The van der Waals surface area contributed by atoms with Crippen molar-refractivity contribution >= 4 is 17.6 Å². The number of hydrogen-bond donors (Lipinski definition) is 0. The first-order valence-electron chi connectivity index (χ1n) is 9.27. The zero-order valence-electron chi connectivity index (χ0n) is 16.0. The Balaban J connectivity index is 1.64. The standard InChI is InChI=1S/C20H26ClN3O3/c1-14(2)11-23-9-10-26-17(12-23)13-27-20(25)18-15(3)22-24(19(18)21)16-7-5-4-6-8-16/h4-8,14,17H,9-13H2,1-3H3. The minimum atomic E-state index is -0.468. The zero-order valence-corrected chi connectivity index (χ0v) is 16.8. The Bertz CT molecular complexity index is 776. The second-order valence-corrected chi connectivity index (χ2v) is 7.60. The van der Waals surface area contributed by atoms with Gasteiger partial charge in [-0.2, -0.15) is 5.10 Å². The minimum absolute atomic E-state index is 0.121. The van der Waals surface area contributed by atoms with E-state index in [4.69, 9.17) is 21.1 Å². The Labute approximate surface area is 165 Å². The molecule has 0 spiro atoms. The van der Waals surface area contributed by atoms with Gasteiger partial charge in [-0.05, 0) is 25.0 Å². The van der Waals surface area contributed by atoms with Crippen LogP contribution in [0.3, 0.4) is 0 Å². The van der Waals surface area contributed by atoms with Gasteiger partial charge in [0.25, 0.3) is 0 Å². The number of rotatable bonds is 6. The van der Waals surface area contributed by atoms with Crippen LogP contribution in [0.5, 0.6) is 0 Å². The summed E-state index contributed by atoms with van der Waals surface area (Å²) in [4.78, 5) is 14.9. The van der Waals surface area contributed by atoms with Gasteiger partial charge in [0.1, 0.15) is 23.4 Å². The highest BCUT2D eigenvalue weighted by Gasteiger charge is 2.26. The molecule has 1 aliphatic heterocycles. The van der Waals surface area contributed by atoms with Gasteiger partial charge in [-0.25, -0.2) is 9.48 Å². The molecule has 146 valence electrons. The van der Waals surface area contributed by atoms with Crippen LogP contribution in [0.2, 0.25) is 5.15 Å². The van der Waals surface area contributed by atoms with Gasteiger partial charge >= 0.3 is 5.97 Å². The normalized spacial score (nSPS) is 18.0. The van der Waals surface area contributed by atoms with Gasteiger partial charge in [-0.15, -0.1) is 0 Å². The smallest absolute Gasteiger partial charge is 0.343 e. The number of hydrogen-bond acceptors (Lipinski definition) is 5. The molecule has 1 aromatic heterocycles. The number of esters is 1. The molecule has 2 heterocycles. The summed E-state index contributed by atoms with van der Waals surface area (Å²) in [5, 5.41) is 4.64. The second kappa shape index (κ2) is 8.87. The Morgan fingerprint density at radius 1 is 1.37 bits per heavy atom. The number of halogens is 1. The Hall–Kier alpha value is -1.89. The number of ether oxygens (including phenoxy) is 2. The Morgan fingerprint density at radius 3 is 2.81 bits per heavy atom. The van der Waals surface area contributed by atoms with Crippen LogP contribution in [0.4, 0.5) is 0 Å². The first-order valence-corrected chi connectivity index (χ1v) is 9.65. The van der Waals surface area contributed by atoms with E-state index in [0.29, 0.717) is 23.8 Å². The number of carbonyl (C=O) groups excluding carboxylic acids is 1. The van der Waals surface area contributed by atoms with Gasteiger partial charge in [-0.1, -0.05) is 43.6 Å². The quantitative estimate of drug-likeness (QED) is 0.707. The number of morpholine rings is 1.